The van der Waals surface area contributed by atoms with Gasteiger partial charge in [0.15, 0.2) is 17.5 Å². The van der Waals surface area contributed by atoms with E-state index in [0.29, 0.717) is 34.7 Å². The Bertz CT molecular complexity index is 1860. The van der Waals surface area contributed by atoms with Crippen molar-refractivity contribution in [2.24, 2.45) is 9.98 Å². The first-order chi connectivity index (χ1) is 20.6. The molecule has 0 radical (unpaired) electrons. The SMILES string of the molecule is COc1ccc(NC2=Nc3ccccc3N3C2=Nc2c(c(C)nn2-c2ccccc2)[C@@H]3c2ccc(F)cc2)c(OC)c1. The summed E-state index contributed by atoms with van der Waals surface area (Å²) in [7, 11) is 3.23. The monoisotopic (exact) mass is 558 g/mol. The van der Waals surface area contributed by atoms with Crippen molar-refractivity contribution in [1.29, 1.82) is 0 Å². The van der Waals surface area contributed by atoms with Gasteiger partial charge in [0.05, 0.1) is 48.7 Å². The zero-order valence-corrected chi connectivity index (χ0v) is 23.2. The zero-order valence-electron chi connectivity index (χ0n) is 23.2. The lowest BCUT2D eigenvalue weighted by molar-refractivity contribution is 0.395. The molecule has 1 N–H and O–H groups in total. The number of benzene rings is 4. The molecule has 7 rings (SSSR count). The quantitative estimate of drug-likeness (QED) is 0.248. The predicted molar refractivity (Wildman–Crippen MR) is 163 cm³/mol. The van der Waals surface area contributed by atoms with Crippen LogP contribution < -0.4 is 19.7 Å². The predicted octanol–water partition coefficient (Wildman–Crippen LogP) is 7.13. The van der Waals surface area contributed by atoms with Gasteiger partial charge in [-0.3, -0.25) is 0 Å². The van der Waals surface area contributed by atoms with Gasteiger partial charge in [-0.2, -0.15) is 5.10 Å². The molecule has 0 unspecified atom stereocenters. The lowest BCUT2D eigenvalue weighted by atomic mass is 9.93. The Hall–Kier alpha value is -5.44. The molecule has 1 atom stereocenters. The lowest BCUT2D eigenvalue weighted by Crippen LogP contribution is -2.46. The molecule has 0 spiro atoms. The first kappa shape index (κ1) is 25.5. The summed E-state index contributed by atoms with van der Waals surface area (Å²) >= 11 is 0. The highest BCUT2D eigenvalue weighted by Crippen LogP contribution is 2.48. The van der Waals surface area contributed by atoms with Gasteiger partial charge in [0.25, 0.3) is 0 Å². The number of hydrogen-bond acceptors (Lipinski definition) is 7. The molecule has 0 bridgehead atoms. The highest BCUT2D eigenvalue weighted by atomic mass is 19.1. The molecule has 0 saturated heterocycles. The topological polar surface area (TPSA) is 76.3 Å². The minimum Gasteiger partial charge on any atom is -0.497 e. The third-order valence-corrected chi connectivity index (χ3v) is 7.49. The number of halogens is 1. The van der Waals surface area contributed by atoms with E-state index in [1.54, 1.807) is 14.2 Å². The van der Waals surface area contributed by atoms with Gasteiger partial charge in [0.2, 0.25) is 0 Å². The van der Waals surface area contributed by atoms with Gasteiger partial charge in [0, 0.05) is 11.6 Å². The highest BCUT2D eigenvalue weighted by molar-refractivity contribution is 6.51. The number of fused-ring (bicyclic) bond motifs is 4. The number of para-hydroxylation sites is 3. The fraction of sp³-hybridized carbons (Fsp3) is 0.121. The standard InChI is InChI=1S/C33H27FN6O2/c1-20-29-30(21-13-15-22(34)16-14-21)39-27-12-8-7-11-25(27)35-31(36-26-18-17-24(41-2)19-28(26)42-3)33(39)37-32(29)40(38-20)23-9-5-4-6-10-23/h4-19,30H,1-3H3,(H,35,36)/t30-/m0/s1. The molecular formula is C33H27FN6O2. The third-order valence-electron chi connectivity index (χ3n) is 7.49. The zero-order chi connectivity index (χ0) is 28.8. The maximum Gasteiger partial charge on any atom is 0.179 e. The van der Waals surface area contributed by atoms with Crippen LogP contribution in [-0.4, -0.2) is 35.7 Å². The van der Waals surface area contributed by atoms with Gasteiger partial charge >= 0.3 is 0 Å². The van der Waals surface area contributed by atoms with Crippen molar-refractivity contribution >= 4 is 34.6 Å². The lowest BCUT2D eigenvalue weighted by Gasteiger charge is -2.40. The van der Waals surface area contributed by atoms with Crippen molar-refractivity contribution in [3.8, 4) is 17.2 Å². The molecule has 0 amide bonds. The van der Waals surface area contributed by atoms with Crippen LogP contribution in [0, 0.1) is 12.7 Å². The summed E-state index contributed by atoms with van der Waals surface area (Å²) in [6, 6.07) is 29.7. The van der Waals surface area contributed by atoms with E-state index in [-0.39, 0.29) is 11.9 Å². The smallest absolute Gasteiger partial charge is 0.179 e. The van der Waals surface area contributed by atoms with Crippen LogP contribution in [0.5, 0.6) is 11.5 Å². The second kappa shape index (κ2) is 10.2. The Kier molecular flexibility index (Phi) is 6.19. The van der Waals surface area contributed by atoms with Crippen molar-refractivity contribution in [2.75, 3.05) is 24.4 Å². The number of hydrogen-bond donors (Lipinski definition) is 1. The van der Waals surface area contributed by atoms with Gasteiger partial charge in [0.1, 0.15) is 17.3 Å². The van der Waals surface area contributed by atoms with E-state index in [4.69, 9.17) is 24.6 Å². The molecule has 2 aliphatic heterocycles. The van der Waals surface area contributed by atoms with E-state index >= 15 is 0 Å². The van der Waals surface area contributed by atoms with E-state index in [0.717, 1.165) is 33.9 Å². The maximum atomic E-state index is 14.2. The Labute approximate surface area is 242 Å². The molecule has 0 aliphatic carbocycles. The van der Waals surface area contributed by atoms with Crippen LogP contribution in [0.15, 0.2) is 107 Å². The van der Waals surface area contributed by atoms with Crippen LogP contribution in [0.3, 0.4) is 0 Å². The van der Waals surface area contributed by atoms with E-state index in [2.05, 4.69) is 10.2 Å². The van der Waals surface area contributed by atoms with Crippen LogP contribution >= 0.6 is 0 Å². The number of amidine groups is 2. The molecule has 9 heteroatoms. The number of nitrogens with zero attached hydrogens (tertiary/aromatic N) is 5. The van der Waals surface area contributed by atoms with Crippen LogP contribution in [0.4, 0.5) is 27.3 Å². The molecule has 42 heavy (non-hydrogen) atoms. The second-order valence-electron chi connectivity index (χ2n) is 9.97. The maximum absolute atomic E-state index is 14.2. The van der Waals surface area contributed by atoms with E-state index in [1.807, 2.05) is 96.5 Å². The summed E-state index contributed by atoms with van der Waals surface area (Å²) in [5.41, 5.74) is 5.92. The van der Waals surface area contributed by atoms with Gasteiger partial charge in [-0.15, -0.1) is 0 Å². The molecule has 4 aromatic carbocycles. The summed E-state index contributed by atoms with van der Waals surface area (Å²) in [6.45, 7) is 1.99. The van der Waals surface area contributed by atoms with Crippen molar-refractivity contribution in [3.63, 3.8) is 0 Å². The molecule has 5 aromatic rings. The number of aromatic nitrogens is 2. The number of anilines is 2. The van der Waals surface area contributed by atoms with Crippen molar-refractivity contribution in [3.05, 3.63) is 120 Å². The van der Waals surface area contributed by atoms with Crippen LogP contribution in [0.1, 0.15) is 22.9 Å². The highest BCUT2D eigenvalue weighted by Gasteiger charge is 2.41. The third kappa shape index (κ3) is 4.17. The summed E-state index contributed by atoms with van der Waals surface area (Å²) in [5.74, 6) is 2.80. The molecule has 8 nitrogen and oxygen atoms in total. The van der Waals surface area contributed by atoms with Crippen LogP contribution in [0.25, 0.3) is 5.69 Å². The Balaban J connectivity index is 1.48. The molecule has 208 valence electrons. The van der Waals surface area contributed by atoms with Crippen molar-refractivity contribution in [1.82, 2.24) is 9.78 Å². The first-order valence-electron chi connectivity index (χ1n) is 13.5. The van der Waals surface area contributed by atoms with Crippen LogP contribution in [-0.2, 0) is 0 Å². The summed E-state index contributed by atoms with van der Waals surface area (Å²) in [6.07, 6.45) is 0. The number of methoxy groups -OCH3 is 2. The molecule has 0 saturated carbocycles. The minimum atomic E-state index is -0.350. The molecule has 2 aliphatic rings. The van der Waals surface area contributed by atoms with Crippen molar-refractivity contribution < 1.29 is 13.9 Å². The molecule has 0 fully saturated rings. The summed E-state index contributed by atoms with van der Waals surface area (Å²) < 4.78 is 27.1. The van der Waals surface area contributed by atoms with Crippen LogP contribution in [0.2, 0.25) is 0 Å². The molecular weight excluding hydrogens is 531 g/mol. The normalized spacial score (nSPS) is 15.1. The van der Waals surface area contributed by atoms with E-state index in [9.17, 15) is 4.39 Å². The Morgan fingerprint density at radius 3 is 2.36 bits per heavy atom. The van der Waals surface area contributed by atoms with Crippen molar-refractivity contribution in [2.45, 2.75) is 13.0 Å². The fourth-order valence-corrected chi connectivity index (χ4v) is 5.54. The Morgan fingerprint density at radius 2 is 1.60 bits per heavy atom. The van der Waals surface area contributed by atoms with Gasteiger partial charge in [-0.05, 0) is 61.0 Å². The average molecular weight is 559 g/mol. The van der Waals surface area contributed by atoms with Gasteiger partial charge < -0.3 is 19.7 Å². The number of ether oxygens (including phenoxy) is 2. The number of aliphatic imine (C=N–C) groups is 2. The first-order valence-corrected chi connectivity index (χ1v) is 13.5. The average Bonchev–Trinajstić information content (AvgIpc) is 3.37. The van der Waals surface area contributed by atoms with E-state index in [1.165, 1.54) is 12.1 Å². The minimum absolute atomic E-state index is 0.296. The van der Waals surface area contributed by atoms with Gasteiger partial charge in [-0.25, -0.2) is 19.1 Å². The summed E-state index contributed by atoms with van der Waals surface area (Å²) in [4.78, 5) is 12.4. The number of nitrogens with one attached hydrogen (secondary N) is 1. The van der Waals surface area contributed by atoms with Gasteiger partial charge in [-0.1, -0.05) is 42.5 Å². The largest absolute Gasteiger partial charge is 0.497 e. The second-order valence-corrected chi connectivity index (χ2v) is 9.97. The molecule has 1 aromatic heterocycles. The van der Waals surface area contributed by atoms with E-state index < -0.39 is 0 Å². The number of rotatable bonds is 5. The number of aryl methyl sites for hydroxylation is 1. The fourth-order valence-electron chi connectivity index (χ4n) is 5.54. The molecule has 3 heterocycles. The Morgan fingerprint density at radius 1 is 0.833 bits per heavy atom. The summed E-state index contributed by atoms with van der Waals surface area (Å²) in [5, 5.41) is 8.42.